The molecule has 1 aliphatic rings. The number of morpholine rings is 1. The van der Waals surface area contributed by atoms with E-state index in [0.717, 1.165) is 5.82 Å². The molecule has 0 aliphatic carbocycles. The van der Waals surface area contributed by atoms with E-state index in [4.69, 9.17) is 4.74 Å². The largest absolute Gasteiger partial charge is 0.378 e. The second kappa shape index (κ2) is 6.93. The maximum Gasteiger partial charge on any atom is 0.238 e. The standard InChI is InChI=1S/C12H19N3O3S/c1-10-13-3-5-14(10)4-2-11(19-17)12(16)15-6-8-18-9-7-15/h3,5,11,17H,2,4,6-9H2,1H3. The number of aromatic nitrogens is 2. The quantitative estimate of drug-likeness (QED) is 0.818. The number of imidazole rings is 1. The average molecular weight is 285 g/mol. The minimum atomic E-state index is -0.417. The lowest BCUT2D eigenvalue weighted by Gasteiger charge is -2.29. The van der Waals surface area contributed by atoms with Gasteiger partial charge in [-0.25, -0.2) is 4.98 Å². The van der Waals surface area contributed by atoms with E-state index in [1.165, 1.54) is 0 Å². The molecule has 1 N–H and O–H groups in total. The normalized spacial score (nSPS) is 17.5. The highest BCUT2D eigenvalue weighted by molar-refractivity contribution is 7.95. The van der Waals surface area contributed by atoms with Gasteiger partial charge in [-0.05, 0) is 13.3 Å². The van der Waals surface area contributed by atoms with Crippen LogP contribution in [0.2, 0.25) is 0 Å². The summed E-state index contributed by atoms with van der Waals surface area (Å²) in [5.41, 5.74) is 0. The van der Waals surface area contributed by atoms with Crippen molar-refractivity contribution in [1.82, 2.24) is 14.5 Å². The van der Waals surface area contributed by atoms with Gasteiger partial charge >= 0.3 is 0 Å². The van der Waals surface area contributed by atoms with Gasteiger partial charge < -0.3 is 18.8 Å². The van der Waals surface area contributed by atoms with Crippen LogP contribution >= 0.6 is 12.0 Å². The number of ether oxygens (including phenoxy) is 1. The van der Waals surface area contributed by atoms with Gasteiger partial charge in [0.2, 0.25) is 5.91 Å². The lowest BCUT2D eigenvalue weighted by Crippen LogP contribution is -2.45. The van der Waals surface area contributed by atoms with Crippen LogP contribution in [0.3, 0.4) is 0 Å². The Bertz CT molecular complexity index is 418. The molecule has 0 saturated carbocycles. The second-order valence-corrected chi connectivity index (χ2v) is 5.27. The van der Waals surface area contributed by atoms with Crippen LogP contribution in [-0.2, 0) is 16.1 Å². The summed E-state index contributed by atoms with van der Waals surface area (Å²) < 4.78 is 16.5. The van der Waals surface area contributed by atoms with Crippen molar-refractivity contribution in [2.75, 3.05) is 26.3 Å². The molecule has 6 nitrogen and oxygen atoms in total. The monoisotopic (exact) mass is 285 g/mol. The van der Waals surface area contributed by atoms with Crippen molar-refractivity contribution in [3.8, 4) is 0 Å². The van der Waals surface area contributed by atoms with Gasteiger partial charge in [0.25, 0.3) is 0 Å². The van der Waals surface area contributed by atoms with Crippen molar-refractivity contribution in [2.24, 2.45) is 0 Å². The topological polar surface area (TPSA) is 67.6 Å². The zero-order valence-corrected chi connectivity index (χ0v) is 11.8. The van der Waals surface area contributed by atoms with Crippen LogP contribution in [0, 0.1) is 6.92 Å². The highest BCUT2D eigenvalue weighted by Crippen LogP contribution is 2.16. The molecule has 0 aromatic carbocycles. The maximum absolute atomic E-state index is 12.2. The summed E-state index contributed by atoms with van der Waals surface area (Å²) in [6, 6.07) is 0. The second-order valence-electron chi connectivity index (χ2n) is 4.49. The summed E-state index contributed by atoms with van der Waals surface area (Å²) in [5, 5.41) is -0.417. The molecule has 2 heterocycles. The number of hydrogen-bond acceptors (Lipinski definition) is 5. The van der Waals surface area contributed by atoms with E-state index in [0.29, 0.717) is 51.3 Å². The van der Waals surface area contributed by atoms with Crippen LogP contribution in [0.5, 0.6) is 0 Å². The molecule has 1 unspecified atom stereocenters. The molecule has 19 heavy (non-hydrogen) atoms. The first-order valence-electron chi connectivity index (χ1n) is 6.37. The van der Waals surface area contributed by atoms with Crippen molar-refractivity contribution in [3.63, 3.8) is 0 Å². The Morgan fingerprint density at radius 1 is 1.58 bits per heavy atom. The molecule has 1 fully saturated rings. The highest BCUT2D eigenvalue weighted by Gasteiger charge is 2.26. The molecule has 1 aromatic heterocycles. The van der Waals surface area contributed by atoms with Crippen molar-refractivity contribution in [3.05, 3.63) is 18.2 Å². The van der Waals surface area contributed by atoms with Gasteiger partial charge in [-0.3, -0.25) is 4.79 Å². The molecule has 1 atom stereocenters. The van der Waals surface area contributed by atoms with E-state index < -0.39 is 5.25 Å². The number of carbonyl (C=O) groups excluding carboxylic acids is 1. The Morgan fingerprint density at radius 3 is 2.89 bits per heavy atom. The van der Waals surface area contributed by atoms with Gasteiger partial charge in [-0.15, -0.1) is 0 Å². The number of amides is 1. The first kappa shape index (κ1) is 14.4. The molecule has 1 aliphatic heterocycles. The fraction of sp³-hybridized carbons (Fsp3) is 0.667. The van der Waals surface area contributed by atoms with E-state index in [9.17, 15) is 9.35 Å². The molecule has 106 valence electrons. The maximum atomic E-state index is 12.2. The van der Waals surface area contributed by atoms with Crippen molar-refractivity contribution < 1.29 is 14.1 Å². The average Bonchev–Trinajstić information content (AvgIpc) is 2.86. The van der Waals surface area contributed by atoms with Gasteiger partial charge in [0.1, 0.15) is 11.1 Å². The number of carbonyl (C=O) groups is 1. The Morgan fingerprint density at radius 2 is 2.32 bits per heavy atom. The van der Waals surface area contributed by atoms with Crippen molar-refractivity contribution >= 4 is 17.9 Å². The Kier molecular flexibility index (Phi) is 5.24. The minimum absolute atomic E-state index is 0.00596. The Hall–Kier alpha value is -1.05. The molecular formula is C12H19N3O3S. The van der Waals surface area contributed by atoms with E-state index in [1.54, 1.807) is 11.1 Å². The lowest BCUT2D eigenvalue weighted by atomic mass is 10.2. The van der Waals surface area contributed by atoms with Crippen LogP contribution in [0.25, 0.3) is 0 Å². The zero-order chi connectivity index (χ0) is 13.7. The third-order valence-corrected chi connectivity index (χ3v) is 3.97. The summed E-state index contributed by atoms with van der Waals surface area (Å²) in [4.78, 5) is 18.1. The van der Waals surface area contributed by atoms with E-state index in [1.807, 2.05) is 17.7 Å². The first-order valence-corrected chi connectivity index (χ1v) is 7.20. The summed E-state index contributed by atoms with van der Waals surface area (Å²) in [6.07, 6.45) is 4.21. The first-order chi connectivity index (χ1) is 9.22. The smallest absolute Gasteiger partial charge is 0.238 e. The van der Waals surface area contributed by atoms with Crippen molar-refractivity contribution in [1.29, 1.82) is 0 Å². The minimum Gasteiger partial charge on any atom is -0.378 e. The summed E-state index contributed by atoms with van der Waals surface area (Å²) in [6.45, 7) is 4.98. The SMILES string of the molecule is Cc1nccn1CCC(SO)C(=O)N1CCOCC1. The van der Waals surface area contributed by atoms with Crippen LogP contribution in [-0.4, -0.2) is 56.5 Å². The molecule has 1 aromatic rings. The summed E-state index contributed by atoms with van der Waals surface area (Å²) in [5.74, 6) is 0.911. The van der Waals surface area contributed by atoms with Gasteiger partial charge in [0.05, 0.1) is 13.2 Å². The highest BCUT2D eigenvalue weighted by atomic mass is 32.2. The van der Waals surface area contributed by atoms with Crippen LogP contribution in [0.4, 0.5) is 0 Å². The van der Waals surface area contributed by atoms with Gasteiger partial charge in [0.15, 0.2) is 0 Å². The molecule has 2 rings (SSSR count). The Balaban J connectivity index is 1.88. The molecule has 0 bridgehead atoms. The van der Waals surface area contributed by atoms with E-state index >= 15 is 0 Å². The van der Waals surface area contributed by atoms with E-state index in [-0.39, 0.29) is 5.91 Å². The van der Waals surface area contributed by atoms with E-state index in [2.05, 4.69) is 4.98 Å². The van der Waals surface area contributed by atoms with Gasteiger partial charge in [0, 0.05) is 44.1 Å². The molecule has 1 saturated heterocycles. The molecule has 1 amide bonds. The third-order valence-electron chi connectivity index (χ3n) is 3.28. The molecular weight excluding hydrogens is 266 g/mol. The predicted octanol–water partition coefficient (Wildman–Crippen LogP) is 1.02. The number of hydrogen-bond donors (Lipinski definition) is 1. The van der Waals surface area contributed by atoms with Crippen LogP contribution < -0.4 is 0 Å². The number of aryl methyl sites for hydroxylation is 2. The van der Waals surface area contributed by atoms with Crippen molar-refractivity contribution in [2.45, 2.75) is 25.1 Å². The third kappa shape index (κ3) is 3.71. The Labute approximate surface area is 117 Å². The number of rotatable bonds is 5. The summed E-state index contributed by atoms with van der Waals surface area (Å²) >= 11 is 0.634. The van der Waals surface area contributed by atoms with Crippen LogP contribution in [0.15, 0.2) is 12.4 Å². The molecule has 7 heteroatoms. The fourth-order valence-corrected chi connectivity index (χ4v) is 2.56. The molecule has 0 spiro atoms. The zero-order valence-electron chi connectivity index (χ0n) is 11.0. The predicted molar refractivity (Wildman–Crippen MR) is 73.0 cm³/mol. The van der Waals surface area contributed by atoms with Crippen LogP contribution in [0.1, 0.15) is 12.2 Å². The fourth-order valence-electron chi connectivity index (χ4n) is 2.11. The number of nitrogens with zero attached hydrogens (tertiary/aromatic N) is 3. The lowest BCUT2D eigenvalue weighted by molar-refractivity contribution is -0.134. The van der Waals surface area contributed by atoms with Gasteiger partial charge in [-0.1, -0.05) is 0 Å². The van der Waals surface area contributed by atoms with Gasteiger partial charge in [-0.2, -0.15) is 0 Å². The molecule has 0 radical (unpaired) electrons. The summed E-state index contributed by atoms with van der Waals surface area (Å²) in [7, 11) is 0.